The fraction of sp³-hybridized carbons (Fsp3) is 0.154. The van der Waals surface area contributed by atoms with Gasteiger partial charge in [0, 0.05) is 12.8 Å². The number of hydrogen-bond donors (Lipinski definition) is 1. The van der Waals surface area contributed by atoms with Gasteiger partial charge in [0.2, 0.25) is 0 Å². The second kappa shape index (κ2) is 8.75. The Labute approximate surface area is 90.6 Å². The lowest BCUT2D eigenvalue weighted by Gasteiger charge is -1.85. The molecule has 0 spiro atoms. The third kappa shape index (κ3) is 8.50. The highest BCUT2D eigenvalue weighted by Crippen LogP contribution is 2.02. The zero-order chi connectivity index (χ0) is 11.5. The predicted octanol–water partition coefficient (Wildman–Crippen LogP) is 3.10. The average Bonchev–Trinajstić information content (AvgIpc) is 2.20. The van der Waals surface area contributed by atoms with Gasteiger partial charge in [0.15, 0.2) is 0 Å². The minimum Gasteiger partial charge on any atom is -0.508 e. The molecule has 1 N–H and O–H groups in total. The molecule has 0 aromatic heterocycles. The number of carbonyl (C=O) groups excluding carboxylic acids is 1. The van der Waals surface area contributed by atoms with Gasteiger partial charge in [-0.3, -0.25) is 4.79 Å². The molecule has 0 fully saturated rings. The minimum atomic E-state index is 0.176. The maximum absolute atomic E-state index is 10.5. The molecule has 1 rings (SSSR count). The second-order valence-electron chi connectivity index (χ2n) is 2.86. The van der Waals surface area contributed by atoms with Crippen LogP contribution in [0.2, 0.25) is 0 Å². The van der Waals surface area contributed by atoms with Crippen LogP contribution in [0.25, 0.3) is 0 Å². The maximum Gasteiger partial charge on any atom is 0.140 e. The van der Waals surface area contributed by atoms with Crippen LogP contribution in [0, 0.1) is 0 Å². The van der Waals surface area contributed by atoms with Crippen LogP contribution in [-0.4, -0.2) is 10.9 Å². The number of phenols is 1. The first-order chi connectivity index (χ1) is 7.20. The monoisotopic (exact) mass is 204 g/mol. The Balaban J connectivity index is 0.000000262. The van der Waals surface area contributed by atoms with Gasteiger partial charge in [-0.2, -0.15) is 0 Å². The van der Waals surface area contributed by atoms with Crippen molar-refractivity contribution in [1.82, 2.24) is 0 Å². The first-order valence-electron chi connectivity index (χ1n) is 4.68. The van der Waals surface area contributed by atoms with Crippen LogP contribution in [0.15, 0.2) is 55.6 Å². The van der Waals surface area contributed by atoms with Crippen LogP contribution < -0.4 is 0 Å². The van der Waals surface area contributed by atoms with Gasteiger partial charge in [-0.1, -0.05) is 30.4 Å². The van der Waals surface area contributed by atoms with Crippen LogP contribution in [0.4, 0.5) is 0 Å². The SMILES string of the molecule is C=CCC(=O)CC=C.Oc1ccccc1. The highest BCUT2D eigenvalue weighted by Gasteiger charge is 1.91. The number of aromatic hydroxyl groups is 1. The lowest BCUT2D eigenvalue weighted by molar-refractivity contribution is -0.117. The predicted molar refractivity (Wildman–Crippen MR) is 62.7 cm³/mol. The van der Waals surface area contributed by atoms with E-state index >= 15 is 0 Å². The van der Waals surface area contributed by atoms with E-state index in [0.717, 1.165) is 0 Å². The van der Waals surface area contributed by atoms with E-state index in [9.17, 15) is 4.79 Å². The van der Waals surface area contributed by atoms with Gasteiger partial charge in [0.1, 0.15) is 11.5 Å². The summed E-state index contributed by atoms with van der Waals surface area (Å²) in [6.07, 6.45) is 4.13. The topological polar surface area (TPSA) is 37.3 Å². The molecule has 1 aromatic carbocycles. The zero-order valence-electron chi connectivity index (χ0n) is 8.73. The summed E-state index contributed by atoms with van der Waals surface area (Å²) in [5, 5.41) is 8.63. The molecule has 80 valence electrons. The number of phenolic OH excluding ortho intramolecular Hbond substituents is 1. The molecule has 0 saturated heterocycles. The third-order valence-electron chi connectivity index (χ3n) is 1.50. The molecule has 0 aliphatic carbocycles. The molecule has 2 heteroatoms. The number of Topliss-reactive ketones (excluding diaryl/α,β-unsaturated/α-hetero) is 1. The highest BCUT2D eigenvalue weighted by molar-refractivity contribution is 5.80. The molecule has 0 bridgehead atoms. The van der Waals surface area contributed by atoms with Crippen molar-refractivity contribution in [1.29, 1.82) is 0 Å². The molecule has 15 heavy (non-hydrogen) atoms. The Kier molecular flexibility index (Phi) is 7.69. The third-order valence-corrected chi connectivity index (χ3v) is 1.50. The quantitative estimate of drug-likeness (QED) is 0.765. The van der Waals surface area contributed by atoms with Crippen molar-refractivity contribution >= 4 is 5.78 Å². The lowest BCUT2D eigenvalue weighted by atomic mass is 10.2. The number of hydrogen-bond acceptors (Lipinski definition) is 2. The van der Waals surface area contributed by atoms with Crippen molar-refractivity contribution in [2.45, 2.75) is 12.8 Å². The largest absolute Gasteiger partial charge is 0.508 e. The van der Waals surface area contributed by atoms with Crippen LogP contribution in [-0.2, 0) is 4.79 Å². The molecule has 1 aromatic rings. The van der Waals surface area contributed by atoms with Crippen molar-refractivity contribution < 1.29 is 9.90 Å². The van der Waals surface area contributed by atoms with Crippen molar-refractivity contribution in [2.75, 3.05) is 0 Å². The van der Waals surface area contributed by atoms with Crippen LogP contribution >= 0.6 is 0 Å². The first-order valence-corrected chi connectivity index (χ1v) is 4.68. The standard InChI is InChI=1S/C7H10O.C6H6O/c1-3-5-7(8)6-4-2;7-6-4-2-1-3-5-6/h3-4H,1-2,5-6H2;1-5,7H. The number of rotatable bonds is 4. The van der Waals surface area contributed by atoms with Gasteiger partial charge < -0.3 is 5.11 Å². The van der Waals surface area contributed by atoms with E-state index in [4.69, 9.17) is 5.11 Å². The first kappa shape index (κ1) is 13.2. The molecular formula is C13H16O2. The molecule has 0 amide bonds. The Morgan fingerprint density at radius 1 is 1.13 bits per heavy atom. The lowest BCUT2D eigenvalue weighted by Crippen LogP contribution is -1.90. The van der Waals surface area contributed by atoms with Crippen LogP contribution in [0.3, 0.4) is 0 Å². The number of para-hydroxylation sites is 1. The smallest absolute Gasteiger partial charge is 0.140 e. The molecule has 2 nitrogen and oxygen atoms in total. The van der Waals surface area contributed by atoms with E-state index in [0.29, 0.717) is 18.6 Å². The van der Waals surface area contributed by atoms with Gasteiger partial charge >= 0.3 is 0 Å². The summed E-state index contributed by atoms with van der Waals surface area (Å²) in [4.78, 5) is 10.5. The van der Waals surface area contributed by atoms with Gasteiger partial charge in [-0.25, -0.2) is 0 Å². The Bertz CT molecular complexity index is 290. The molecule has 0 aliphatic heterocycles. The summed E-state index contributed by atoms with van der Waals surface area (Å²) in [6.45, 7) is 6.86. The van der Waals surface area contributed by atoms with Gasteiger partial charge in [-0.15, -0.1) is 13.2 Å². The summed E-state index contributed by atoms with van der Waals surface area (Å²) < 4.78 is 0. The van der Waals surface area contributed by atoms with Crippen molar-refractivity contribution in [3.63, 3.8) is 0 Å². The number of allylic oxidation sites excluding steroid dienone is 2. The van der Waals surface area contributed by atoms with E-state index in [2.05, 4.69) is 13.2 Å². The Hall–Kier alpha value is -1.83. The highest BCUT2D eigenvalue weighted by atomic mass is 16.3. The van der Waals surface area contributed by atoms with Gasteiger partial charge in [0.05, 0.1) is 0 Å². The molecule has 0 heterocycles. The van der Waals surface area contributed by atoms with Crippen LogP contribution in [0.5, 0.6) is 5.75 Å². The number of ketones is 1. The summed E-state index contributed by atoms with van der Waals surface area (Å²) in [5.74, 6) is 0.498. The van der Waals surface area contributed by atoms with Gasteiger partial charge in [-0.05, 0) is 12.1 Å². The molecule has 0 atom stereocenters. The summed E-state index contributed by atoms with van der Waals surface area (Å²) in [7, 11) is 0. The Morgan fingerprint density at radius 3 is 1.87 bits per heavy atom. The van der Waals surface area contributed by atoms with Crippen molar-refractivity contribution in [2.24, 2.45) is 0 Å². The molecule has 0 aliphatic rings. The second-order valence-corrected chi connectivity index (χ2v) is 2.86. The summed E-state index contributed by atoms with van der Waals surface area (Å²) in [6, 6.07) is 8.71. The Morgan fingerprint density at radius 2 is 1.60 bits per heavy atom. The molecule has 0 radical (unpaired) electrons. The maximum atomic E-state index is 10.5. The van der Waals surface area contributed by atoms with Crippen molar-refractivity contribution in [3.8, 4) is 5.75 Å². The molecule has 0 saturated carbocycles. The summed E-state index contributed by atoms with van der Waals surface area (Å²) >= 11 is 0. The number of carbonyl (C=O) groups is 1. The van der Waals surface area contributed by atoms with Crippen LogP contribution in [0.1, 0.15) is 12.8 Å². The van der Waals surface area contributed by atoms with E-state index in [1.54, 1.807) is 36.4 Å². The zero-order valence-corrected chi connectivity index (χ0v) is 8.73. The minimum absolute atomic E-state index is 0.176. The average molecular weight is 204 g/mol. The fourth-order valence-corrected chi connectivity index (χ4v) is 0.833. The fourth-order valence-electron chi connectivity index (χ4n) is 0.833. The number of benzene rings is 1. The normalized spacial score (nSPS) is 8.27. The molecular weight excluding hydrogens is 188 g/mol. The van der Waals surface area contributed by atoms with E-state index < -0.39 is 0 Å². The summed E-state index contributed by atoms with van der Waals surface area (Å²) in [5.41, 5.74) is 0. The van der Waals surface area contributed by atoms with E-state index in [-0.39, 0.29) is 5.78 Å². The van der Waals surface area contributed by atoms with E-state index in [1.807, 2.05) is 6.07 Å². The van der Waals surface area contributed by atoms with E-state index in [1.165, 1.54) is 0 Å². The van der Waals surface area contributed by atoms with Crippen molar-refractivity contribution in [3.05, 3.63) is 55.6 Å². The van der Waals surface area contributed by atoms with Gasteiger partial charge in [0.25, 0.3) is 0 Å². The molecule has 0 unspecified atom stereocenters.